The van der Waals surface area contributed by atoms with Crippen molar-refractivity contribution in [3.8, 4) is 5.69 Å². The Hall–Kier alpha value is -4.12. The Balaban J connectivity index is 1.66. The number of benzene rings is 3. The Morgan fingerprint density at radius 1 is 0.767 bits per heavy atom. The molecule has 0 atom stereocenters. The van der Waals surface area contributed by atoms with E-state index in [0.717, 1.165) is 22.5 Å². The first-order chi connectivity index (χ1) is 14.7. The van der Waals surface area contributed by atoms with Crippen molar-refractivity contribution in [2.75, 3.05) is 0 Å². The van der Waals surface area contributed by atoms with Gasteiger partial charge in [-0.1, -0.05) is 72.8 Å². The van der Waals surface area contributed by atoms with Crippen LogP contribution in [0.3, 0.4) is 0 Å². The van der Waals surface area contributed by atoms with Gasteiger partial charge in [-0.15, -0.1) is 5.10 Å². The minimum Gasteiger partial charge on any atom is -0.306 e. The Morgan fingerprint density at radius 3 is 2.00 bits per heavy atom. The Morgan fingerprint density at radius 2 is 1.40 bits per heavy atom. The number of aromatic nitrogens is 2. The molecule has 30 heavy (non-hydrogen) atoms. The molecule has 1 heterocycles. The third kappa shape index (κ3) is 4.31. The molecule has 0 spiro atoms. The normalized spacial score (nSPS) is 12.0. The second-order valence-electron chi connectivity index (χ2n) is 6.71. The van der Waals surface area contributed by atoms with Crippen molar-refractivity contribution in [3.05, 3.63) is 120 Å². The Labute approximate surface area is 175 Å². The van der Waals surface area contributed by atoms with Gasteiger partial charge in [-0.25, -0.2) is 4.98 Å². The van der Waals surface area contributed by atoms with Crippen molar-refractivity contribution < 1.29 is 4.79 Å². The van der Waals surface area contributed by atoms with Gasteiger partial charge in [0.15, 0.2) is 0 Å². The summed E-state index contributed by atoms with van der Waals surface area (Å²) in [5.41, 5.74) is 4.30. The summed E-state index contributed by atoms with van der Waals surface area (Å²) in [5.74, 6) is -0.159. The summed E-state index contributed by atoms with van der Waals surface area (Å²) in [6.45, 7) is 1.88. The molecule has 146 valence electrons. The maximum Gasteiger partial charge on any atom is 0.213 e. The van der Waals surface area contributed by atoms with Crippen LogP contribution in [0.1, 0.15) is 28.4 Å². The highest BCUT2D eigenvalue weighted by molar-refractivity contribution is 6.51. The SMILES string of the molecule is C/C(=N\N=C(\C(=O)c1ccccc1)c1ccccc1)c1ccc(-n2ccnc2)cc1. The van der Waals surface area contributed by atoms with Gasteiger partial charge in [0.2, 0.25) is 5.78 Å². The molecule has 1 aromatic heterocycles. The first kappa shape index (κ1) is 19.2. The summed E-state index contributed by atoms with van der Waals surface area (Å²) in [7, 11) is 0. The molecule has 5 heteroatoms. The number of hydrogen-bond donors (Lipinski definition) is 0. The number of rotatable bonds is 6. The van der Waals surface area contributed by atoms with Crippen LogP contribution in [0, 0.1) is 0 Å². The van der Waals surface area contributed by atoms with E-state index in [-0.39, 0.29) is 5.78 Å². The third-order valence-electron chi connectivity index (χ3n) is 4.69. The highest BCUT2D eigenvalue weighted by Gasteiger charge is 2.16. The fourth-order valence-electron chi connectivity index (χ4n) is 3.03. The molecule has 0 fully saturated rings. The van der Waals surface area contributed by atoms with E-state index >= 15 is 0 Å². The van der Waals surface area contributed by atoms with Gasteiger partial charge in [0.1, 0.15) is 5.71 Å². The highest BCUT2D eigenvalue weighted by atomic mass is 16.1. The fourth-order valence-corrected chi connectivity index (χ4v) is 3.03. The summed E-state index contributed by atoms with van der Waals surface area (Å²) < 4.78 is 1.93. The minimum absolute atomic E-state index is 0.159. The van der Waals surface area contributed by atoms with Crippen molar-refractivity contribution in [1.29, 1.82) is 0 Å². The average Bonchev–Trinajstić information content (AvgIpc) is 3.35. The lowest BCUT2D eigenvalue weighted by Crippen LogP contribution is -2.15. The van der Waals surface area contributed by atoms with Crippen LogP contribution in [0.4, 0.5) is 0 Å². The number of hydrogen-bond acceptors (Lipinski definition) is 4. The maximum atomic E-state index is 13.1. The molecule has 0 aliphatic rings. The lowest BCUT2D eigenvalue weighted by Gasteiger charge is -2.06. The second kappa shape index (κ2) is 8.92. The minimum atomic E-state index is -0.159. The molecule has 4 aromatic rings. The predicted molar refractivity (Wildman–Crippen MR) is 120 cm³/mol. The third-order valence-corrected chi connectivity index (χ3v) is 4.69. The predicted octanol–water partition coefficient (Wildman–Crippen LogP) is 4.97. The maximum absolute atomic E-state index is 13.1. The van der Waals surface area contributed by atoms with Crippen LogP contribution in [0.5, 0.6) is 0 Å². The number of ketones is 1. The smallest absolute Gasteiger partial charge is 0.213 e. The molecule has 0 amide bonds. The first-order valence-electron chi connectivity index (χ1n) is 9.58. The molecule has 3 aromatic carbocycles. The quantitative estimate of drug-likeness (QED) is 0.264. The summed E-state index contributed by atoms with van der Waals surface area (Å²) >= 11 is 0. The van der Waals surface area contributed by atoms with E-state index in [4.69, 9.17) is 0 Å². The standard InChI is InChI=1S/C25H20N4O/c1-19(20-12-14-23(15-13-20)29-17-16-26-18-29)27-28-24(21-8-4-2-5-9-21)25(30)22-10-6-3-7-11-22/h2-18H,1H3/b27-19+,28-24+. The van der Waals surface area contributed by atoms with Crippen molar-refractivity contribution in [3.63, 3.8) is 0 Å². The Kier molecular flexibility index (Phi) is 5.71. The van der Waals surface area contributed by atoms with Crippen LogP contribution in [0.25, 0.3) is 5.69 Å². The zero-order valence-electron chi connectivity index (χ0n) is 16.5. The van der Waals surface area contributed by atoms with E-state index in [2.05, 4.69) is 15.2 Å². The van der Waals surface area contributed by atoms with Crippen molar-refractivity contribution in [2.24, 2.45) is 10.2 Å². The molecule has 0 radical (unpaired) electrons. The van der Waals surface area contributed by atoms with E-state index in [0.29, 0.717) is 11.3 Å². The topological polar surface area (TPSA) is 59.6 Å². The first-order valence-corrected chi connectivity index (χ1v) is 9.58. The van der Waals surface area contributed by atoms with Crippen LogP contribution in [0.2, 0.25) is 0 Å². The molecule has 0 N–H and O–H groups in total. The highest BCUT2D eigenvalue weighted by Crippen LogP contribution is 2.12. The van der Waals surface area contributed by atoms with Gasteiger partial charge < -0.3 is 4.57 Å². The van der Waals surface area contributed by atoms with Crippen LogP contribution in [-0.2, 0) is 0 Å². The second-order valence-corrected chi connectivity index (χ2v) is 6.71. The number of imidazole rings is 1. The summed E-state index contributed by atoms with van der Waals surface area (Å²) in [4.78, 5) is 17.1. The number of carbonyl (C=O) groups is 1. The molecule has 0 unspecified atom stereocenters. The van der Waals surface area contributed by atoms with Gasteiger partial charge >= 0.3 is 0 Å². The van der Waals surface area contributed by atoms with Crippen LogP contribution >= 0.6 is 0 Å². The monoisotopic (exact) mass is 392 g/mol. The lowest BCUT2D eigenvalue weighted by atomic mass is 10.0. The molecule has 4 rings (SSSR count). The average molecular weight is 392 g/mol. The molecule has 5 nitrogen and oxygen atoms in total. The van der Waals surface area contributed by atoms with E-state index in [9.17, 15) is 4.79 Å². The largest absolute Gasteiger partial charge is 0.306 e. The van der Waals surface area contributed by atoms with E-state index in [1.807, 2.05) is 90.5 Å². The zero-order valence-corrected chi connectivity index (χ0v) is 16.5. The molecule has 0 saturated heterocycles. The summed E-state index contributed by atoms with van der Waals surface area (Å²) in [6.07, 6.45) is 5.38. The van der Waals surface area contributed by atoms with E-state index in [1.54, 1.807) is 24.7 Å². The van der Waals surface area contributed by atoms with Gasteiger partial charge in [0.05, 0.1) is 12.0 Å². The molecule has 0 bridgehead atoms. The molecular weight excluding hydrogens is 372 g/mol. The number of carbonyl (C=O) groups excluding carboxylic acids is 1. The lowest BCUT2D eigenvalue weighted by molar-refractivity contribution is 0.106. The van der Waals surface area contributed by atoms with Crippen molar-refractivity contribution in [2.45, 2.75) is 6.92 Å². The van der Waals surface area contributed by atoms with Crippen molar-refractivity contribution >= 4 is 17.2 Å². The van der Waals surface area contributed by atoms with E-state index in [1.165, 1.54) is 0 Å². The molecule has 0 aliphatic carbocycles. The van der Waals surface area contributed by atoms with Gasteiger partial charge in [-0.2, -0.15) is 5.10 Å². The van der Waals surface area contributed by atoms with E-state index < -0.39 is 0 Å². The molecule has 0 aliphatic heterocycles. The number of Topliss-reactive ketones (excluding diaryl/α,β-unsaturated/α-hetero) is 1. The Bertz CT molecular complexity index is 1180. The van der Waals surface area contributed by atoms with Gasteiger partial charge in [-0.3, -0.25) is 4.79 Å². The van der Waals surface area contributed by atoms with Crippen LogP contribution < -0.4 is 0 Å². The fraction of sp³-hybridized carbons (Fsp3) is 0.0400. The summed E-state index contributed by atoms with van der Waals surface area (Å²) in [5, 5.41) is 8.73. The van der Waals surface area contributed by atoms with Crippen LogP contribution in [0.15, 0.2) is 114 Å². The van der Waals surface area contributed by atoms with Crippen molar-refractivity contribution in [1.82, 2.24) is 9.55 Å². The van der Waals surface area contributed by atoms with Crippen LogP contribution in [-0.4, -0.2) is 26.8 Å². The summed E-state index contributed by atoms with van der Waals surface area (Å²) in [6, 6.07) is 26.5. The number of nitrogens with zero attached hydrogens (tertiary/aromatic N) is 4. The molecule has 0 saturated carbocycles. The molecular formula is C25H20N4O. The van der Waals surface area contributed by atoms with Gasteiger partial charge in [-0.05, 0) is 24.6 Å². The van der Waals surface area contributed by atoms with Gasteiger partial charge in [0, 0.05) is 29.2 Å². The zero-order chi connectivity index (χ0) is 20.8. The van der Waals surface area contributed by atoms with Gasteiger partial charge in [0.25, 0.3) is 0 Å².